The van der Waals surface area contributed by atoms with Crippen molar-refractivity contribution in [1.82, 2.24) is 4.90 Å². The lowest BCUT2D eigenvalue weighted by molar-refractivity contribution is 0.219. The van der Waals surface area contributed by atoms with Crippen LogP contribution in [0.15, 0.2) is 24.3 Å². The zero-order valence-electron chi connectivity index (χ0n) is 8.86. The molecule has 1 aliphatic heterocycles. The highest BCUT2D eigenvalue weighted by atomic mass is 19.1. The average molecular weight is 209 g/mol. The summed E-state index contributed by atoms with van der Waals surface area (Å²) in [7, 11) is 2.03. The Morgan fingerprint density at radius 2 is 2.27 bits per heavy atom. The van der Waals surface area contributed by atoms with Gasteiger partial charge in [0.25, 0.3) is 0 Å². The van der Waals surface area contributed by atoms with Crippen LogP contribution in [0, 0.1) is 11.7 Å². The lowest BCUT2D eigenvalue weighted by atomic mass is 9.89. The topological polar surface area (TPSA) is 23.5 Å². The quantitative estimate of drug-likeness (QED) is 0.797. The van der Waals surface area contributed by atoms with Gasteiger partial charge in [0.2, 0.25) is 0 Å². The van der Waals surface area contributed by atoms with Crippen LogP contribution in [0.3, 0.4) is 0 Å². The SMILES string of the molecule is CN1CC(CO)C(c2cccc(F)c2)C1. The van der Waals surface area contributed by atoms with Gasteiger partial charge in [0, 0.05) is 31.5 Å². The van der Waals surface area contributed by atoms with Crippen molar-refractivity contribution in [3.05, 3.63) is 35.6 Å². The maximum absolute atomic E-state index is 13.1. The van der Waals surface area contributed by atoms with Crippen LogP contribution < -0.4 is 0 Å². The zero-order valence-corrected chi connectivity index (χ0v) is 8.86. The number of likely N-dealkylation sites (tertiary alicyclic amines) is 1. The predicted octanol–water partition coefficient (Wildman–Crippen LogP) is 1.46. The van der Waals surface area contributed by atoms with Gasteiger partial charge in [-0.1, -0.05) is 12.1 Å². The number of aliphatic hydroxyl groups is 1. The molecule has 2 atom stereocenters. The first-order chi connectivity index (χ1) is 7.20. The Hall–Kier alpha value is -0.930. The minimum absolute atomic E-state index is 0.172. The maximum atomic E-state index is 13.1. The zero-order chi connectivity index (χ0) is 10.8. The number of aliphatic hydroxyl groups excluding tert-OH is 1. The molecule has 2 nitrogen and oxygen atoms in total. The Balaban J connectivity index is 2.22. The second-order valence-corrected chi connectivity index (χ2v) is 4.33. The lowest BCUT2D eigenvalue weighted by Crippen LogP contribution is -2.15. The summed E-state index contributed by atoms with van der Waals surface area (Å²) >= 11 is 0. The first-order valence-corrected chi connectivity index (χ1v) is 5.25. The number of halogens is 1. The second-order valence-electron chi connectivity index (χ2n) is 4.33. The highest BCUT2D eigenvalue weighted by molar-refractivity contribution is 5.23. The first-order valence-electron chi connectivity index (χ1n) is 5.25. The highest BCUT2D eigenvalue weighted by Gasteiger charge is 2.31. The van der Waals surface area contributed by atoms with E-state index >= 15 is 0 Å². The molecule has 0 spiro atoms. The summed E-state index contributed by atoms with van der Waals surface area (Å²) in [6.45, 7) is 1.96. The molecule has 1 aromatic rings. The number of rotatable bonds is 2. The normalized spacial score (nSPS) is 27.1. The Bertz CT molecular complexity index is 342. The molecule has 0 aliphatic carbocycles. The first kappa shape index (κ1) is 10.6. The number of likely N-dealkylation sites (N-methyl/N-ethyl adjacent to an activating group) is 1. The van der Waals surface area contributed by atoms with Gasteiger partial charge in [-0.3, -0.25) is 0 Å². The number of hydrogen-bond donors (Lipinski definition) is 1. The molecule has 15 heavy (non-hydrogen) atoms. The molecule has 1 heterocycles. The minimum Gasteiger partial charge on any atom is -0.396 e. The van der Waals surface area contributed by atoms with Crippen LogP contribution in [-0.4, -0.2) is 36.8 Å². The van der Waals surface area contributed by atoms with E-state index < -0.39 is 0 Å². The summed E-state index contributed by atoms with van der Waals surface area (Å²) in [5, 5.41) is 9.26. The summed E-state index contributed by atoms with van der Waals surface area (Å²) < 4.78 is 13.1. The van der Waals surface area contributed by atoms with Gasteiger partial charge >= 0.3 is 0 Å². The molecule has 0 saturated carbocycles. The smallest absolute Gasteiger partial charge is 0.123 e. The minimum atomic E-state index is -0.196. The molecular weight excluding hydrogens is 193 g/mol. The fourth-order valence-electron chi connectivity index (χ4n) is 2.39. The summed E-state index contributed by atoms with van der Waals surface area (Å²) in [4.78, 5) is 2.18. The largest absolute Gasteiger partial charge is 0.396 e. The third-order valence-corrected chi connectivity index (χ3v) is 3.13. The summed E-state index contributed by atoms with van der Waals surface area (Å²) in [5.41, 5.74) is 0.999. The van der Waals surface area contributed by atoms with E-state index in [1.54, 1.807) is 12.1 Å². The van der Waals surface area contributed by atoms with Gasteiger partial charge in [0.05, 0.1) is 0 Å². The monoisotopic (exact) mass is 209 g/mol. The van der Waals surface area contributed by atoms with Crippen molar-refractivity contribution in [2.45, 2.75) is 5.92 Å². The van der Waals surface area contributed by atoms with Crippen LogP contribution in [-0.2, 0) is 0 Å². The van der Waals surface area contributed by atoms with Crippen molar-refractivity contribution in [2.24, 2.45) is 5.92 Å². The van der Waals surface area contributed by atoms with Crippen molar-refractivity contribution < 1.29 is 9.50 Å². The molecule has 0 amide bonds. The van der Waals surface area contributed by atoms with Crippen LogP contribution >= 0.6 is 0 Å². The van der Waals surface area contributed by atoms with Crippen LogP contribution in [0.25, 0.3) is 0 Å². The van der Waals surface area contributed by atoms with E-state index in [4.69, 9.17) is 0 Å². The van der Waals surface area contributed by atoms with E-state index in [0.717, 1.165) is 18.7 Å². The Morgan fingerprint density at radius 3 is 2.93 bits per heavy atom. The van der Waals surface area contributed by atoms with E-state index in [9.17, 15) is 9.50 Å². The molecule has 82 valence electrons. The molecule has 1 N–H and O–H groups in total. The lowest BCUT2D eigenvalue weighted by Gasteiger charge is -2.16. The molecule has 3 heteroatoms. The Labute approximate surface area is 89.3 Å². The maximum Gasteiger partial charge on any atom is 0.123 e. The average Bonchev–Trinajstić information content (AvgIpc) is 2.59. The van der Waals surface area contributed by atoms with Gasteiger partial charge in [-0.05, 0) is 24.7 Å². The summed E-state index contributed by atoms with van der Waals surface area (Å²) in [6.07, 6.45) is 0. The van der Waals surface area contributed by atoms with Crippen molar-refractivity contribution in [2.75, 3.05) is 26.7 Å². The van der Waals surface area contributed by atoms with Crippen molar-refractivity contribution in [3.8, 4) is 0 Å². The van der Waals surface area contributed by atoms with Crippen molar-refractivity contribution in [1.29, 1.82) is 0 Å². The van der Waals surface area contributed by atoms with Gasteiger partial charge in [-0.25, -0.2) is 4.39 Å². The van der Waals surface area contributed by atoms with Gasteiger partial charge in [-0.2, -0.15) is 0 Å². The molecule has 1 aliphatic rings. The van der Waals surface area contributed by atoms with Gasteiger partial charge < -0.3 is 10.0 Å². The Morgan fingerprint density at radius 1 is 1.47 bits per heavy atom. The molecule has 0 radical (unpaired) electrons. The number of benzene rings is 1. The van der Waals surface area contributed by atoms with Crippen LogP contribution in [0.2, 0.25) is 0 Å². The van der Waals surface area contributed by atoms with E-state index in [2.05, 4.69) is 4.90 Å². The number of nitrogens with zero attached hydrogens (tertiary/aromatic N) is 1. The van der Waals surface area contributed by atoms with Crippen LogP contribution in [0.1, 0.15) is 11.5 Å². The van der Waals surface area contributed by atoms with E-state index in [1.807, 2.05) is 13.1 Å². The fourth-order valence-corrected chi connectivity index (χ4v) is 2.39. The third kappa shape index (κ3) is 2.19. The van der Waals surface area contributed by atoms with E-state index in [1.165, 1.54) is 6.07 Å². The second kappa shape index (κ2) is 4.29. The van der Waals surface area contributed by atoms with E-state index in [-0.39, 0.29) is 24.3 Å². The molecule has 2 unspecified atom stereocenters. The third-order valence-electron chi connectivity index (χ3n) is 3.13. The Kier molecular flexibility index (Phi) is 3.03. The van der Waals surface area contributed by atoms with E-state index in [0.29, 0.717) is 0 Å². The summed E-state index contributed by atoms with van der Waals surface area (Å²) in [5.74, 6) is 0.297. The van der Waals surface area contributed by atoms with Crippen molar-refractivity contribution >= 4 is 0 Å². The molecule has 1 aromatic carbocycles. The van der Waals surface area contributed by atoms with Crippen molar-refractivity contribution in [3.63, 3.8) is 0 Å². The predicted molar refractivity (Wildman–Crippen MR) is 57.2 cm³/mol. The van der Waals surface area contributed by atoms with Gasteiger partial charge in [0.1, 0.15) is 5.82 Å². The fraction of sp³-hybridized carbons (Fsp3) is 0.500. The van der Waals surface area contributed by atoms with Crippen LogP contribution in [0.4, 0.5) is 4.39 Å². The molecule has 0 aromatic heterocycles. The van der Waals surface area contributed by atoms with Crippen LogP contribution in [0.5, 0.6) is 0 Å². The van der Waals surface area contributed by atoms with Gasteiger partial charge in [-0.15, -0.1) is 0 Å². The molecule has 1 saturated heterocycles. The molecule has 0 bridgehead atoms. The highest BCUT2D eigenvalue weighted by Crippen LogP contribution is 2.31. The summed E-state index contributed by atoms with van der Waals surface area (Å²) in [6, 6.07) is 6.70. The molecule has 1 fully saturated rings. The standard InChI is InChI=1S/C12H16FNO/c1-14-6-10(8-15)12(7-14)9-3-2-4-11(13)5-9/h2-5,10,12,15H,6-8H2,1H3. The molecular formula is C12H16FNO. The van der Waals surface area contributed by atoms with Gasteiger partial charge in [0.15, 0.2) is 0 Å². The number of hydrogen-bond acceptors (Lipinski definition) is 2. The molecule has 2 rings (SSSR count).